The zero-order chi connectivity index (χ0) is 22.3. The third-order valence-electron chi connectivity index (χ3n) is 4.81. The molecule has 0 saturated carbocycles. The fraction of sp³-hybridized carbons (Fsp3) is 0.160. The highest BCUT2D eigenvalue weighted by Crippen LogP contribution is 2.34. The summed E-state index contributed by atoms with van der Waals surface area (Å²) in [5.74, 6) is 1.39. The number of carbonyl (C=O) groups excluding carboxylic acids is 1. The van der Waals surface area contributed by atoms with Crippen molar-refractivity contribution in [2.24, 2.45) is 0 Å². The van der Waals surface area contributed by atoms with Gasteiger partial charge in [-0.15, -0.1) is 0 Å². The molecule has 0 aliphatic rings. The summed E-state index contributed by atoms with van der Waals surface area (Å²) < 4.78 is 13.5. The van der Waals surface area contributed by atoms with Crippen LogP contribution in [0, 0.1) is 5.82 Å². The highest BCUT2D eigenvalue weighted by Gasteiger charge is 2.15. The second kappa shape index (κ2) is 10.2. The lowest BCUT2D eigenvalue weighted by atomic mass is 10.1. The molecule has 7 heteroatoms. The Balaban J connectivity index is 1.64. The summed E-state index contributed by atoms with van der Waals surface area (Å²) in [6.07, 6.45) is 3.09. The molecule has 2 heterocycles. The van der Waals surface area contributed by atoms with Gasteiger partial charge in [0.05, 0.1) is 11.4 Å². The molecule has 4 rings (SSSR count). The number of hydrogen-bond donors (Lipinski definition) is 2. The number of aromatic amines is 1. The summed E-state index contributed by atoms with van der Waals surface area (Å²) in [6, 6.07) is 20.0. The molecular formula is C25H23FN4OS. The molecule has 32 heavy (non-hydrogen) atoms. The van der Waals surface area contributed by atoms with Crippen molar-refractivity contribution in [3.05, 3.63) is 78.7 Å². The van der Waals surface area contributed by atoms with E-state index >= 15 is 0 Å². The maximum atomic E-state index is 13.5. The van der Waals surface area contributed by atoms with Crippen molar-refractivity contribution in [3.8, 4) is 22.5 Å². The maximum Gasteiger partial charge on any atom is 0.166 e. The first-order chi connectivity index (χ1) is 15.6. The highest BCUT2D eigenvalue weighted by atomic mass is 32.2. The minimum Gasteiger partial charge on any atom is -0.340 e. The van der Waals surface area contributed by atoms with Crippen LogP contribution in [0.1, 0.15) is 19.8 Å². The Bertz CT molecular complexity index is 1190. The molecule has 0 aliphatic heterocycles. The largest absolute Gasteiger partial charge is 0.340 e. The smallest absolute Gasteiger partial charge is 0.166 e. The molecule has 0 saturated heterocycles. The number of halogens is 1. The van der Waals surface area contributed by atoms with E-state index in [1.807, 2.05) is 42.5 Å². The van der Waals surface area contributed by atoms with Gasteiger partial charge in [0, 0.05) is 35.2 Å². The van der Waals surface area contributed by atoms with Crippen molar-refractivity contribution in [1.82, 2.24) is 15.0 Å². The minimum atomic E-state index is -0.285. The number of Topliss-reactive ketones (excluding diaryl/α,β-unsaturated/α-hetero) is 1. The lowest BCUT2D eigenvalue weighted by Crippen LogP contribution is -1.94. The molecule has 0 spiro atoms. The number of anilines is 2. The van der Waals surface area contributed by atoms with Crippen molar-refractivity contribution < 1.29 is 9.18 Å². The zero-order valence-electron chi connectivity index (χ0n) is 17.6. The number of thioether (sulfide) groups is 1. The third kappa shape index (κ3) is 5.62. The van der Waals surface area contributed by atoms with E-state index in [9.17, 15) is 9.18 Å². The van der Waals surface area contributed by atoms with E-state index in [0.717, 1.165) is 45.5 Å². The number of nitrogens with one attached hydrogen (secondary N) is 2. The predicted molar refractivity (Wildman–Crippen MR) is 128 cm³/mol. The maximum absolute atomic E-state index is 13.5. The SMILES string of the molecule is CC(=O)CCCSc1nc(-c2ccnc(Nc3ccccc3)c2)c(-c2ccc(F)cc2)[nH]1. The van der Waals surface area contributed by atoms with E-state index in [-0.39, 0.29) is 11.6 Å². The van der Waals surface area contributed by atoms with Crippen molar-refractivity contribution in [3.63, 3.8) is 0 Å². The molecule has 5 nitrogen and oxygen atoms in total. The van der Waals surface area contributed by atoms with Crippen molar-refractivity contribution in [1.29, 1.82) is 0 Å². The molecule has 4 aromatic rings. The summed E-state index contributed by atoms with van der Waals surface area (Å²) in [7, 11) is 0. The molecule has 0 fully saturated rings. The standard InChI is InChI=1S/C25H23FN4OS/c1-17(31)6-5-15-32-25-29-23(18-9-11-20(26)12-10-18)24(30-25)19-13-14-27-22(16-19)28-21-7-3-2-4-8-21/h2-4,7-14,16H,5-6,15H2,1H3,(H,27,28)(H,29,30). The van der Waals surface area contributed by atoms with Crippen LogP contribution in [0.25, 0.3) is 22.5 Å². The minimum absolute atomic E-state index is 0.188. The average molecular weight is 447 g/mol. The van der Waals surface area contributed by atoms with Gasteiger partial charge < -0.3 is 15.1 Å². The molecule has 0 atom stereocenters. The normalized spacial score (nSPS) is 10.8. The monoisotopic (exact) mass is 446 g/mol. The van der Waals surface area contributed by atoms with Crippen molar-refractivity contribution >= 4 is 29.1 Å². The fourth-order valence-corrected chi connectivity index (χ4v) is 4.07. The van der Waals surface area contributed by atoms with E-state index in [1.165, 1.54) is 12.1 Å². The van der Waals surface area contributed by atoms with E-state index < -0.39 is 0 Å². The van der Waals surface area contributed by atoms with Crippen LogP contribution in [-0.4, -0.2) is 26.5 Å². The number of benzene rings is 2. The number of carbonyl (C=O) groups is 1. The molecule has 0 bridgehead atoms. The molecule has 0 radical (unpaired) electrons. The second-order valence-corrected chi connectivity index (χ2v) is 8.43. The first-order valence-electron chi connectivity index (χ1n) is 10.3. The molecule has 0 unspecified atom stereocenters. The van der Waals surface area contributed by atoms with Gasteiger partial charge in [-0.1, -0.05) is 30.0 Å². The van der Waals surface area contributed by atoms with Gasteiger partial charge in [0.2, 0.25) is 0 Å². The number of aromatic nitrogens is 3. The summed E-state index contributed by atoms with van der Waals surface area (Å²) in [6.45, 7) is 1.60. The topological polar surface area (TPSA) is 70.7 Å². The Hall–Kier alpha value is -3.45. The van der Waals surface area contributed by atoms with Crippen LogP contribution in [0.15, 0.2) is 78.1 Å². The van der Waals surface area contributed by atoms with Crippen LogP contribution >= 0.6 is 11.8 Å². The molecule has 2 aromatic heterocycles. The second-order valence-electron chi connectivity index (χ2n) is 7.35. The zero-order valence-corrected chi connectivity index (χ0v) is 18.5. The van der Waals surface area contributed by atoms with Gasteiger partial charge in [0.25, 0.3) is 0 Å². The van der Waals surface area contributed by atoms with Gasteiger partial charge in [0.15, 0.2) is 5.16 Å². The predicted octanol–water partition coefficient (Wildman–Crippen LogP) is 6.48. The number of pyridine rings is 1. The molecule has 2 N–H and O–H groups in total. The van der Waals surface area contributed by atoms with Gasteiger partial charge in [-0.25, -0.2) is 14.4 Å². The van der Waals surface area contributed by atoms with Gasteiger partial charge in [0.1, 0.15) is 17.4 Å². The fourth-order valence-electron chi connectivity index (χ4n) is 3.26. The van der Waals surface area contributed by atoms with E-state index in [4.69, 9.17) is 4.98 Å². The molecular weight excluding hydrogens is 423 g/mol. The first kappa shape index (κ1) is 21.8. The number of rotatable bonds is 9. The Morgan fingerprint density at radius 3 is 2.59 bits per heavy atom. The average Bonchev–Trinajstić information content (AvgIpc) is 3.22. The van der Waals surface area contributed by atoms with Crippen LogP contribution in [0.2, 0.25) is 0 Å². The number of hydrogen-bond acceptors (Lipinski definition) is 5. The lowest BCUT2D eigenvalue weighted by molar-refractivity contribution is -0.117. The van der Waals surface area contributed by atoms with Gasteiger partial charge in [-0.05, 0) is 61.9 Å². The van der Waals surface area contributed by atoms with Crippen LogP contribution in [0.5, 0.6) is 0 Å². The number of imidazole rings is 1. The van der Waals surface area contributed by atoms with E-state index in [2.05, 4.69) is 15.3 Å². The summed E-state index contributed by atoms with van der Waals surface area (Å²) in [5.41, 5.74) is 4.27. The quantitative estimate of drug-likeness (QED) is 0.227. The summed E-state index contributed by atoms with van der Waals surface area (Å²) >= 11 is 1.57. The Morgan fingerprint density at radius 2 is 1.84 bits per heavy atom. The Labute approximate surface area is 190 Å². The van der Waals surface area contributed by atoms with Crippen molar-refractivity contribution in [2.75, 3.05) is 11.1 Å². The van der Waals surface area contributed by atoms with Crippen LogP contribution in [0.3, 0.4) is 0 Å². The van der Waals surface area contributed by atoms with Gasteiger partial charge >= 0.3 is 0 Å². The summed E-state index contributed by atoms with van der Waals surface area (Å²) in [5, 5.41) is 4.07. The number of para-hydroxylation sites is 1. The lowest BCUT2D eigenvalue weighted by Gasteiger charge is -2.08. The van der Waals surface area contributed by atoms with Crippen LogP contribution < -0.4 is 5.32 Å². The van der Waals surface area contributed by atoms with E-state index in [0.29, 0.717) is 12.2 Å². The molecule has 2 aromatic carbocycles. The number of ketones is 1. The van der Waals surface area contributed by atoms with E-state index in [1.54, 1.807) is 37.0 Å². The van der Waals surface area contributed by atoms with Crippen molar-refractivity contribution in [2.45, 2.75) is 24.9 Å². The molecule has 0 amide bonds. The summed E-state index contributed by atoms with van der Waals surface area (Å²) in [4.78, 5) is 23.8. The Morgan fingerprint density at radius 1 is 1.06 bits per heavy atom. The first-order valence-corrected chi connectivity index (χ1v) is 11.3. The highest BCUT2D eigenvalue weighted by molar-refractivity contribution is 7.99. The molecule has 0 aliphatic carbocycles. The van der Waals surface area contributed by atoms with Gasteiger partial charge in [-0.3, -0.25) is 0 Å². The van der Waals surface area contributed by atoms with Gasteiger partial charge in [-0.2, -0.15) is 0 Å². The van der Waals surface area contributed by atoms with Crippen LogP contribution in [-0.2, 0) is 4.79 Å². The number of nitrogens with zero attached hydrogens (tertiary/aromatic N) is 2. The Kier molecular flexibility index (Phi) is 6.97. The van der Waals surface area contributed by atoms with Crippen LogP contribution in [0.4, 0.5) is 15.9 Å². The number of H-pyrrole nitrogens is 1. The molecule has 162 valence electrons. The third-order valence-corrected chi connectivity index (χ3v) is 5.77.